The predicted octanol–water partition coefficient (Wildman–Crippen LogP) is -0.819. The molecule has 1 heterocycles. The Morgan fingerprint density at radius 3 is 2.38 bits per heavy atom. The van der Waals surface area contributed by atoms with Crippen LogP contribution in [0.15, 0.2) is 0 Å². The first-order valence-electron chi connectivity index (χ1n) is 6.79. The minimum Gasteiger partial charge on any atom is -0.483 e. The van der Waals surface area contributed by atoms with Crippen LogP contribution in [0.4, 0.5) is 0 Å². The number of hydrogen-bond donors (Lipinski definition) is 2. The topological polar surface area (TPSA) is 107 Å². The second-order valence-electron chi connectivity index (χ2n) is 4.89. The van der Waals surface area contributed by atoms with Crippen molar-refractivity contribution in [2.45, 2.75) is 19.3 Å². The summed E-state index contributed by atoms with van der Waals surface area (Å²) >= 11 is 0. The molecule has 0 spiro atoms. The minimum atomic E-state index is -3.20. The third-order valence-electron chi connectivity index (χ3n) is 3.08. The van der Waals surface area contributed by atoms with Crippen molar-refractivity contribution in [2.24, 2.45) is 0 Å². The number of nitrogens with one attached hydrogen (secondary N) is 1. The number of sulfonamides is 1. The summed E-state index contributed by atoms with van der Waals surface area (Å²) in [5.41, 5.74) is 0. The highest BCUT2D eigenvalue weighted by Gasteiger charge is 2.14. The van der Waals surface area contributed by atoms with Gasteiger partial charge >= 0.3 is 0 Å². The number of carbonyl (C=O) groups excluding carboxylic acids is 1. The van der Waals surface area contributed by atoms with E-state index in [1.165, 1.54) is 12.8 Å². The molecule has 0 aromatic rings. The molecule has 8 nitrogen and oxygen atoms in total. The van der Waals surface area contributed by atoms with E-state index in [0.717, 1.165) is 25.9 Å². The monoisotopic (exact) mass is 323 g/mol. The van der Waals surface area contributed by atoms with Gasteiger partial charge in [0, 0.05) is 33.1 Å². The second-order valence-corrected chi connectivity index (χ2v) is 6.72. The van der Waals surface area contributed by atoms with Crippen LogP contribution in [0.1, 0.15) is 19.3 Å². The van der Waals surface area contributed by atoms with Crippen molar-refractivity contribution >= 4 is 22.4 Å². The number of likely N-dealkylation sites (tertiary alicyclic amines) is 1. The van der Waals surface area contributed by atoms with Gasteiger partial charge < -0.3 is 14.9 Å². The van der Waals surface area contributed by atoms with Gasteiger partial charge in [0.15, 0.2) is 0 Å². The number of carboxylic acid groups (broad SMARTS) is 1. The molecule has 124 valence electrons. The minimum absolute atomic E-state index is 0.0228. The Morgan fingerprint density at radius 1 is 1.38 bits per heavy atom. The van der Waals surface area contributed by atoms with Crippen LogP contribution in [0.25, 0.3) is 0 Å². The maximum atomic E-state index is 11.7. The van der Waals surface area contributed by atoms with Crippen molar-refractivity contribution in [1.82, 2.24) is 14.5 Å². The van der Waals surface area contributed by atoms with Crippen LogP contribution in [0.3, 0.4) is 0 Å². The molecule has 2 N–H and O–H groups in total. The molecule has 1 amide bonds. The number of rotatable bonds is 7. The fraction of sp³-hybridized carbons (Fsp3) is 0.833. The zero-order valence-electron chi connectivity index (χ0n) is 12.6. The Kier molecular flexibility index (Phi) is 9.93. The van der Waals surface area contributed by atoms with E-state index in [2.05, 4.69) is 9.62 Å². The molecule has 0 unspecified atom stereocenters. The zero-order valence-corrected chi connectivity index (χ0v) is 13.4. The summed E-state index contributed by atoms with van der Waals surface area (Å²) in [6.07, 6.45) is 3.80. The largest absolute Gasteiger partial charge is 0.483 e. The van der Waals surface area contributed by atoms with Crippen molar-refractivity contribution in [2.75, 3.05) is 46.0 Å². The van der Waals surface area contributed by atoms with E-state index in [4.69, 9.17) is 9.90 Å². The van der Waals surface area contributed by atoms with E-state index < -0.39 is 10.0 Å². The van der Waals surface area contributed by atoms with Gasteiger partial charge in [-0.05, 0) is 25.9 Å². The smallest absolute Gasteiger partial charge is 0.290 e. The van der Waals surface area contributed by atoms with E-state index in [1.54, 1.807) is 11.9 Å². The Morgan fingerprint density at radius 2 is 1.90 bits per heavy atom. The lowest BCUT2D eigenvalue weighted by Crippen LogP contribution is -2.36. The van der Waals surface area contributed by atoms with Crippen molar-refractivity contribution in [3.63, 3.8) is 0 Å². The number of hydrogen-bond acceptors (Lipinski definition) is 5. The second kappa shape index (κ2) is 10.5. The van der Waals surface area contributed by atoms with Gasteiger partial charge in [0.05, 0.1) is 6.26 Å². The molecule has 0 saturated carbocycles. The molecule has 21 heavy (non-hydrogen) atoms. The van der Waals surface area contributed by atoms with Crippen molar-refractivity contribution in [3.8, 4) is 0 Å². The van der Waals surface area contributed by atoms with Crippen LogP contribution < -0.4 is 4.72 Å². The lowest BCUT2D eigenvalue weighted by molar-refractivity contribution is -0.130. The van der Waals surface area contributed by atoms with Gasteiger partial charge in [0.25, 0.3) is 6.47 Å². The lowest BCUT2D eigenvalue weighted by atomic mass is 10.3. The summed E-state index contributed by atoms with van der Waals surface area (Å²) in [6, 6.07) is 0. The SMILES string of the molecule is CN(CCN1CCCC1)C(=O)CCNS(C)(=O)=O.O=CO. The standard InChI is InChI=1S/C11H23N3O3S.CH2O2/c1-13(9-10-14-7-3-4-8-14)11(15)5-6-12-18(2,16)17;2-1-3/h12H,3-10H2,1-2H3;1H,(H,2,3). The maximum absolute atomic E-state index is 11.7. The van der Waals surface area contributed by atoms with Crippen LogP contribution >= 0.6 is 0 Å². The van der Waals surface area contributed by atoms with Crippen LogP contribution in [-0.2, 0) is 19.6 Å². The summed E-state index contributed by atoms with van der Waals surface area (Å²) in [7, 11) is -1.44. The van der Waals surface area contributed by atoms with E-state index in [-0.39, 0.29) is 25.3 Å². The molecule has 0 radical (unpaired) electrons. The van der Waals surface area contributed by atoms with Gasteiger partial charge in [-0.15, -0.1) is 0 Å². The van der Waals surface area contributed by atoms with E-state index in [1.807, 2.05) is 0 Å². The molecule has 1 aliphatic rings. The quantitative estimate of drug-likeness (QED) is 0.593. The predicted molar refractivity (Wildman–Crippen MR) is 79.5 cm³/mol. The molecule has 0 aromatic carbocycles. The van der Waals surface area contributed by atoms with Crippen LogP contribution in [-0.4, -0.2) is 81.7 Å². The summed E-state index contributed by atoms with van der Waals surface area (Å²) < 4.78 is 24.0. The molecule has 0 bridgehead atoms. The molecule has 1 saturated heterocycles. The average molecular weight is 323 g/mol. The fourth-order valence-electron chi connectivity index (χ4n) is 1.96. The third-order valence-corrected chi connectivity index (χ3v) is 3.81. The first kappa shape index (κ1) is 19.8. The summed E-state index contributed by atoms with van der Waals surface area (Å²) in [5, 5.41) is 6.89. The molecule has 1 rings (SSSR count). The molecular weight excluding hydrogens is 298 g/mol. The molecule has 0 aromatic heterocycles. The summed E-state index contributed by atoms with van der Waals surface area (Å²) in [6.45, 7) is 3.78. The Hall–Kier alpha value is -1.19. The third kappa shape index (κ3) is 11.2. The van der Waals surface area contributed by atoms with Gasteiger partial charge in [-0.3, -0.25) is 9.59 Å². The highest BCUT2D eigenvalue weighted by atomic mass is 32.2. The first-order valence-corrected chi connectivity index (χ1v) is 8.68. The molecule has 0 atom stereocenters. The molecule has 0 aliphatic carbocycles. The highest BCUT2D eigenvalue weighted by molar-refractivity contribution is 7.88. The van der Waals surface area contributed by atoms with Crippen LogP contribution in [0, 0.1) is 0 Å². The Bertz CT molecular complexity index is 407. The molecule has 1 fully saturated rings. The van der Waals surface area contributed by atoms with Gasteiger partial charge in [0.1, 0.15) is 0 Å². The van der Waals surface area contributed by atoms with Crippen molar-refractivity contribution in [3.05, 3.63) is 0 Å². The molecular formula is C12H25N3O5S. The highest BCUT2D eigenvalue weighted by Crippen LogP contribution is 2.06. The average Bonchev–Trinajstić information content (AvgIpc) is 2.88. The first-order chi connectivity index (χ1) is 9.80. The van der Waals surface area contributed by atoms with E-state index in [9.17, 15) is 13.2 Å². The molecule has 1 aliphatic heterocycles. The number of amides is 1. The van der Waals surface area contributed by atoms with Gasteiger partial charge in [0.2, 0.25) is 15.9 Å². The number of nitrogens with zero attached hydrogens (tertiary/aromatic N) is 2. The van der Waals surface area contributed by atoms with E-state index in [0.29, 0.717) is 6.54 Å². The molecule has 9 heteroatoms. The van der Waals surface area contributed by atoms with Crippen molar-refractivity contribution < 1.29 is 23.1 Å². The summed E-state index contributed by atoms with van der Waals surface area (Å²) in [5.74, 6) is -0.0228. The number of likely N-dealkylation sites (N-methyl/N-ethyl adjacent to an activating group) is 1. The zero-order chi connectivity index (χ0) is 16.3. The number of carbonyl (C=O) groups is 2. The van der Waals surface area contributed by atoms with Gasteiger partial charge in [-0.25, -0.2) is 13.1 Å². The Labute approximate surface area is 126 Å². The van der Waals surface area contributed by atoms with E-state index >= 15 is 0 Å². The summed E-state index contributed by atoms with van der Waals surface area (Å²) in [4.78, 5) is 24.1. The normalized spacial score (nSPS) is 15.1. The lowest BCUT2D eigenvalue weighted by Gasteiger charge is -2.21. The van der Waals surface area contributed by atoms with Crippen LogP contribution in [0.2, 0.25) is 0 Å². The Balaban J connectivity index is 0.00000122. The van der Waals surface area contributed by atoms with Crippen molar-refractivity contribution in [1.29, 1.82) is 0 Å². The van der Waals surface area contributed by atoms with Crippen LogP contribution in [0.5, 0.6) is 0 Å². The fourth-order valence-corrected chi connectivity index (χ4v) is 2.43. The maximum Gasteiger partial charge on any atom is 0.290 e. The van der Waals surface area contributed by atoms with Gasteiger partial charge in [-0.1, -0.05) is 0 Å². The van der Waals surface area contributed by atoms with Gasteiger partial charge in [-0.2, -0.15) is 0 Å².